The van der Waals surface area contributed by atoms with Crippen LogP contribution in [0, 0.1) is 30.1 Å². The Kier molecular flexibility index (Phi) is 13.9. The Bertz CT molecular complexity index is 2060. The summed E-state index contributed by atoms with van der Waals surface area (Å²) in [5, 5.41) is 12.5. The number of terminal acetylenes is 1. The topological polar surface area (TPSA) is 199 Å². The molecule has 4 N–H and O–H groups in total. The summed E-state index contributed by atoms with van der Waals surface area (Å²) < 4.78 is 87.6. The predicted octanol–water partition coefficient (Wildman–Crippen LogP) is 6.88. The van der Waals surface area contributed by atoms with E-state index in [4.69, 9.17) is 35.4 Å². The number of carboxylic acids is 1. The summed E-state index contributed by atoms with van der Waals surface area (Å²) in [5.74, 6) is -1.32. The average molecular weight is 803 g/mol. The van der Waals surface area contributed by atoms with Crippen LogP contribution in [-0.2, 0) is 34.5 Å². The van der Waals surface area contributed by atoms with E-state index >= 15 is 0 Å². The highest BCUT2D eigenvalue weighted by atomic mass is 31.2. The molecule has 4 aromatic rings. The van der Waals surface area contributed by atoms with Crippen molar-refractivity contribution in [1.82, 2.24) is 24.6 Å². The van der Waals surface area contributed by atoms with Gasteiger partial charge in [-0.2, -0.15) is 19.4 Å². The van der Waals surface area contributed by atoms with Gasteiger partial charge in [-0.15, -0.1) is 6.42 Å². The Labute approximate surface area is 320 Å². The van der Waals surface area contributed by atoms with E-state index < -0.39 is 80.7 Å². The van der Waals surface area contributed by atoms with Crippen molar-refractivity contribution in [3.63, 3.8) is 0 Å². The summed E-state index contributed by atoms with van der Waals surface area (Å²) in [4.78, 5) is 37.3. The first-order chi connectivity index (χ1) is 26.8. The molecular formula is C37H42F3N6O9P. The molecule has 300 valence electrons. The number of nitrogens with one attached hydrogen (secondary N) is 1. The van der Waals surface area contributed by atoms with Crippen molar-refractivity contribution in [2.24, 2.45) is 0 Å². The Morgan fingerprint density at radius 2 is 1.80 bits per heavy atom. The molecule has 0 amide bonds. The van der Waals surface area contributed by atoms with Gasteiger partial charge in [0.05, 0.1) is 6.33 Å². The normalized spacial score (nSPS) is 19.7. The highest BCUT2D eigenvalue weighted by molar-refractivity contribution is 7.52. The first kappa shape index (κ1) is 41.9. The second-order valence-corrected chi connectivity index (χ2v) is 14.8. The number of nitrogens with zero attached hydrogens (tertiary/aromatic N) is 4. The van der Waals surface area contributed by atoms with E-state index in [0.717, 1.165) is 37.8 Å². The molecule has 19 heteroatoms. The molecule has 15 nitrogen and oxygen atoms in total. The maximum absolute atomic E-state index is 14.6. The lowest BCUT2D eigenvalue weighted by molar-refractivity contribution is -0.139. The summed E-state index contributed by atoms with van der Waals surface area (Å²) >= 11 is 0. The van der Waals surface area contributed by atoms with Gasteiger partial charge in [0.1, 0.15) is 42.4 Å². The van der Waals surface area contributed by atoms with Gasteiger partial charge in [0, 0.05) is 12.5 Å². The molecule has 1 saturated heterocycles. The average Bonchev–Trinajstić information content (AvgIpc) is 3.73. The van der Waals surface area contributed by atoms with E-state index in [0.29, 0.717) is 18.9 Å². The number of hydrogen-bond donors (Lipinski definition) is 3. The number of unbranched alkanes of at least 4 members (excludes halogenated alkanes) is 2. The van der Waals surface area contributed by atoms with Crippen LogP contribution in [-0.4, -0.2) is 67.2 Å². The lowest BCUT2D eigenvalue weighted by atomic mass is 9.99. The Balaban J connectivity index is 1.48. The number of fused-ring (bicyclic) bond motifs is 1. The minimum Gasteiger partial charge on any atom is -0.480 e. The molecule has 5 rings (SSSR count). The van der Waals surface area contributed by atoms with Gasteiger partial charge in [-0.25, -0.2) is 23.1 Å². The number of hydrogen-bond acceptors (Lipinski definition) is 12. The Hall–Kier alpha value is -5.21. The summed E-state index contributed by atoms with van der Waals surface area (Å²) in [6.45, 7) is 3.15. The van der Waals surface area contributed by atoms with Crippen molar-refractivity contribution in [3.05, 3.63) is 78.1 Å². The fourth-order valence-electron chi connectivity index (χ4n) is 6.11. The number of anilines is 1. The van der Waals surface area contributed by atoms with Crippen molar-refractivity contribution in [2.75, 3.05) is 12.3 Å². The smallest absolute Gasteiger partial charge is 0.480 e. The molecule has 2 aromatic heterocycles. The van der Waals surface area contributed by atoms with E-state index in [1.165, 1.54) is 23.0 Å². The van der Waals surface area contributed by atoms with Crippen molar-refractivity contribution in [1.29, 1.82) is 0 Å². The maximum Gasteiger partial charge on any atom is 0.508 e. The number of aliphatic carboxylic acids is 1. The SMILES string of the molecule is C#C[C@]1(CO[P@@](=O)(N[C@@H](Cc2cc(F)cc(F)c2)C(=O)O)Oc2ccccc2)O[C@@H](n2cnc3c(N)nc(F)nc32)C[C@@H]1OC(=O)OC(CCCC)CCCC. The van der Waals surface area contributed by atoms with Crippen molar-refractivity contribution in [2.45, 2.75) is 95.3 Å². The third-order valence-corrected chi connectivity index (χ3v) is 10.5. The minimum absolute atomic E-state index is 0.0185. The maximum atomic E-state index is 14.6. The van der Waals surface area contributed by atoms with Gasteiger partial charge in [-0.1, -0.05) is 63.7 Å². The zero-order valence-corrected chi connectivity index (χ0v) is 31.5. The van der Waals surface area contributed by atoms with Crippen LogP contribution in [0.15, 0.2) is 54.9 Å². The molecule has 0 radical (unpaired) electrons. The standard InChI is InChI=1S/C37H42F3N6O9P/c1-4-7-12-26(13-8-5-2)52-36(49)53-29-20-30(46-22-42-31-32(41)43-35(40)44-33(31)46)54-37(29,6-3)21-51-56(50,55-27-14-10-9-11-15-27)45-28(34(47)48)18-23-16-24(38)19-25(39)17-23/h3,9-11,14-17,19,22,26,28-30H,4-5,7-8,12-13,18,20-21H2,1-2H3,(H,45,50)(H,47,48)(H2,41,43,44)/t28-,29-,30+,37+,56-/m0/s1. The van der Waals surface area contributed by atoms with E-state index in [1.807, 2.05) is 13.8 Å². The monoisotopic (exact) mass is 802 g/mol. The van der Waals surface area contributed by atoms with Crippen molar-refractivity contribution < 1.29 is 55.7 Å². The van der Waals surface area contributed by atoms with Crippen LogP contribution in [0.4, 0.5) is 23.8 Å². The zero-order valence-electron chi connectivity index (χ0n) is 30.6. The number of halogens is 3. The van der Waals surface area contributed by atoms with Gasteiger partial charge >= 0.3 is 25.9 Å². The second-order valence-electron chi connectivity index (χ2n) is 13.1. The molecular weight excluding hydrogens is 760 g/mol. The number of carbonyl (C=O) groups is 2. The molecule has 5 atom stereocenters. The second kappa shape index (κ2) is 18.6. The molecule has 1 aliphatic heterocycles. The summed E-state index contributed by atoms with van der Waals surface area (Å²) in [6, 6.07) is 8.25. The van der Waals surface area contributed by atoms with Crippen LogP contribution >= 0.6 is 7.75 Å². The van der Waals surface area contributed by atoms with Gasteiger partial charge < -0.3 is 29.6 Å². The van der Waals surface area contributed by atoms with E-state index in [2.05, 4.69) is 26.0 Å². The van der Waals surface area contributed by atoms with Gasteiger partial charge in [0.25, 0.3) is 0 Å². The fraction of sp³-hybridized carbons (Fsp3) is 0.432. The lowest BCUT2D eigenvalue weighted by Gasteiger charge is -2.31. The number of carbonyl (C=O) groups excluding carboxylic acids is 1. The lowest BCUT2D eigenvalue weighted by Crippen LogP contribution is -2.46. The molecule has 0 unspecified atom stereocenters. The number of nitrogens with two attached hydrogens (primary N) is 1. The highest BCUT2D eigenvalue weighted by Gasteiger charge is 2.53. The number of carboxylic acid groups (broad SMARTS) is 1. The van der Waals surface area contributed by atoms with E-state index in [1.54, 1.807) is 18.2 Å². The third-order valence-electron chi connectivity index (χ3n) is 8.91. The minimum atomic E-state index is -4.83. The largest absolute Gasteiger partial charge is 0.508 e. The number of nitrogen functional groups attached to an aromatic ring is 1. The molecule has 56 heavy (non-hydrogen) atoms. The quantitative estimate of drug-likeness (QED) is 0.0384. The number of imidazole rings is 1. The Morgan fingerprint density at radius 3 is 2.43 bits per heavy atom. The first-order valence-corrected chi connectivity index (χ1v) is 19.4. The summed E-state index contributed by atoms with van der Waals surface area (Å²) in [5.41, 5.74) is 3.67. The van der Waals surface area contributed by atoms with Gasteiger partial charge in [-0.05, 0) is 49.1 Å². The number of rotatable bonds is 19. The van der Waals surface area contributed by atoms with E-state index in [9.17, 15) is 32.4 Å². The predicted molar refractivity (Wildman–Crippen MR) is 195 cm³/mol. The third kappa shape index (κ3) is 10.5. The molecule has 0 spiro atoms. The number of para-hydroxylation sites is 1. The molecule has 0 bridgehead atoms. The van der Waals surface area contributed by atoms with Crippen molar-refractivity contribution in [3.8, 4) is 18.1 Å². The Morgan fingerprint density at radius 1 is 1.12 bits per heavy atom. The van der Waals surface area contributed by atoms with Crippen molar-refractivity contribution >= 4 is 36.9 Å². The number of benzene rings is 2. The summed E-state index contributed by atoms with van der Waals surface area (Å²) in [6.07, 6.45) is 5.81. The fourth-order valence-corrected chi connectivity index (χ4v) is 7.64. The van der Waals surface area contributed by atoms with Crippen LogP contribution in [0.5, 0.6) is 5.75 Å². The van der Waals surface area contributed by atoms with Crippen LogP contribution < -0.4 is 15.3 Å². The molecule has 0 saturated carbocycles. The van der Waals surface area contributed by atoms with Gasteiger partial charge in [-0.3, -0.25) is 13.9 Å². The molecule has 3 heterocycles. The molecule has 2 aromatic carbocycles. The van der Waals surface area contributed by atoms with Crippen LogP contribution in [0.2, 0.25) is 0 Å². The van der Waals surface area contributed by atoms with Crippen LogP contribution in [0.1, 0.15) is 70.6 Å². The number of ether oxygens (including phenoxy) is 3. The van der Waals surface area contributed by atoms with Crippen LogP contribution in [0.3, 0.4) is 0 Å². The highest BCUT2D eigenvalue weighted by Crippen LogP contribution is 2.49. The summed E-state index contributed by atoms with van der Waals surface area (Å²) in [7, 11) is -4.83. The van der Waals surface area contributed by atoms with Crippen LogP contribution in [0.25, 0.3) is 11.2 Å². The van der Waals surface area contributed by atoms with Gasteiger partial charge in [0.15, 0.2) is 28.7 Å². The zero-order chi connectivity index (χ0) is 40.5. The van der Waals surface area contributed by atoms with Gasteiger partial charge in [0.2, 0.25) is 0 Å². The molecule has 0 aliphatic carbocycles. The molecule has 1 aliphatic rings. The number of aromatic nitrogens is 4. The van der Waals surface area contributed by atoms with E-state index in [-0.39, 0.29) is 34.7 Å². The first-order valence-electron chi connectivity index (χ1n) is 17.9. The molecule has 1 fully saturated rings.